The van der Waals surface area contributed by atoms with Crippen LogP contribution in [-0.4, -0.2) is 14.1 Å². The third-order valence-corrected chi connectivity index (χ3v) is 9.16. The molecule has 4 nitrogen and oxygen atoms in total. The fourth-order valence-electron chi connectivity index (χ4n) is 7.23. The molecule has 4 aromatic heterocycles. The molecule has 4 heteroatoms. The van der Waals surface area contributed by atoms with E-state index in [-0.39, 0.29) is 0 Å². The first-order chi connectivity index (χ1) is 22.3. The first kappa shape index (κ1) is 24.3. The van der Waals surface area contributed by atoms with E-state index in [1.165, 1.54) is 27.2 Å². The van der Waals surface area contributed by atoms with E-state index in [0.29, 0.717) is 0 Å². The highest BCUT2D eigenvalue weighted by Gasteiger charge is 2.20. The largest absolute Gasteiger partial charge is 0.455 e. The normalized spacial score (nSPS) is 12.0. The zero-order chi connectivity index (χ0) is 29.5. The first-order valence-electron chi connectivity index (χ1n) is 15.2. The maximum Gasteiger partial charge on any atom is 0.145 e. The van der Waals surface area contributed by atoms with Crippen LogP contribution in [0, 0.1) is 0 Å². The van der Waals surface area contributed by atoms with Crippen molar-refractivity contribution in [1.82, 2.24) is 14.1 Å². The Morgan fingerprint density at radius 3 is 1.87 bits per heavy atom. The molecule has 0 fully saturated rings. The van der Waals surface area contributed by atoms with Crippen molar-refractivity contribution < 1.29 is 4.42 Å². The lowest BCUT2D eigenvalue weighted by molar-refractivity contribution is 0.673. The molecule has 10 aromatic rings. The van der Waals surface area contributed by atoms with Crippen LogP contribution in [0.2, 0.25) is 0 Å². The van der Waals surface area contributed by atoms with Gasteiger partial charge >= 0.3 is 0 Å². The van der Waals surface area contributed by atoms with Crippen molar-refractivity contribution in [2.75, 3.05) is 0 Å². The van der Waals surface area contributed by atoms with Crippen LogP contribution in [0.4, 0.5) is 0 Å². The summed E-state index contributed by atoms with van der Waals surface area (Å²) in [5.41, 5.74) is 10.7. The third kappa shape index (κ3) is 3.45. The van der Waals surface area contributed by atoms with Crippen molar-refractivity contribution >= 4 is 65.6 Å². The van der Waals surface area contributed by atoms with E-state index in [9.17, 15) is 0 Å². The number of aromatic nitrogens is 3. The minimum atomic E-state index is 0.885. The number of pyridine rings is 1. The number of para-hydroxylation sites is 3. The smallest absolute Gasteiger partial charge is 0.145 e. The van der Waals surface area contributed by atoms with Crippen molar-refractivity contribution in [3.63, 3.8) is 0 Å². The van der Waals surface area contributed by atoms with Crippen molar-refractivity contribution in [2.45, 2.75) is 0 Å². The Hall–Kier alpha value is -6.13. The molecule has 210 valence electrons. The fourth-order valence-corrected chi connectivity index (χ4v) is 7.23. The molecule has 0 atom stereocenters. The highest BCUT2D eigenvalue weighted by atomic mass is 16.3. The molecule has 10 rings (SSSR count). The van der Waals surface area contributed by atoms with Gasteiger partial charge in [0.1, 0.15) is 11.2 Å². The topological polar surface area (TPSA) is 35.9 Å². The number of benzene rings is 6. The summed E-state index contributed by atoms with van der Waals surface area (Å²) in [6.07, 6.45) is 1.84. The molecule has 0 bridgehead atoms. The number of hydrogen-bond acceptors (Lipinski definition) is 2. The van der Waals surface area contributed by atoms with Gasteiger partial charge < -0.3 is 13.6 Å². The van der Waals surface area contributed by atoms with Gasteiger partial charge in [0, 0.05) is 50.1 Å². The quantitative estimate of drug-likeness (QED) is 0.210. The van der Waals surface area contributed by atoms with Crippen molar-refractivity contribution in [3.8, 4) is 22.6 Å². The maximum atomic E-state index is 6.73. The maximum absolute atomic E-state index is 6.73. The standard InChI is InChI=1S/C41H25N3O/c1-4-16-35-29(12-1)30-13-2-5-17-36(30)43(35)28-19-22-39-33(25-28)31-20-21-38-40(41(31)45-39)32-14-3-6-18-37(32)44(38)27-11-9-10-26(24-27)34-15-7-8-23-42-34/h1-25H. The van der Waals surface area contributed by atoms with Crippen LogP contribution in [0.3, 0.4) is 0 Å². The zero-order valence-electron chi connectivity index (χ0n) is 24.2. The molecule has 45 heavy (non-hydrogen) atoms. The molecule has 0 spiro atoms. The Balaban J connectivity index is 1.23. The molecule has 0 amide bonds. The van der Waals surface area contributed by atoms with Crippen LogP contribution in [0.5, 0.6) is 0 Å². The van der Waals surface area contributed by atoms with E-state index in [4.69, 9.17) is 4.42 Å². The molecule has 0 aliphatic carbocycles. The van der Waals surface area contributed by atoms with E-state index >= 15 is 0 Å². The molecule has 0 N–H and O–H groups in total. The monoisotopic (exact) mass is 575 g/mol. The molecule has 0 aliphatic heterocycles. The summed E-state index contributed by atoms with van der Waals surface area (Å²) in [7, 11) is 0. The number of hydrogen-bond donors (Lipinski definition) is 0. The van der Waals surface area contributed by atoms with Gasteiger partial charge in [-0.1, -0.05) is 72.8 Å². The second-order valence-electron chi connectivity index (χ2n) is 11.6. The van der Waals surface area contributed by atoms with Crippen molar-refractivity contribution in [3.05, 3.63) is 152 Å². The molecule has 6 aromatic carbocycles. The van der Waals surface area contributed by atoms with Crippen LogP contribution >= 0.6 is 0 Å². The van der Waals surface area contributed by atoms with E-state index in [0.717, 1.165) is 61.0 Å². The van der Waals surface area contributed by atoms with Gasteiger partial charge in [0.15, 0.2) is 0 Å². The van der Waals surface area contributed by atoms with Gasteiger partial charge in [0.05, 0.1) is 33.1 Å². The van der Waals surface area contributed by atoms with Crippen LogP contribution in [0.1, 0.15) is 0 Å². The Labute approximate surface area is 258 Å². The van der Waals surface area contributed by atoms with Gasteiger partial charge in [0.25, 0.3) is 0 Å². The molecule has 4 heterocycles. The second-order valence-corrected chi connectivity index (χ2v) is 11.6. The second kappa shape index (κ2) is 9.18. The predicted octanol–water partition coefficient (Wildman–Crippen LogP) is 10.8. The number of nitrogens with zero attached hydrogens (tertiary/aromatic N) is 3. The van der Waals surface area contributed by atoms with Crippen molar-refractivity contribution in [2.24, 2.45) is 0 Å². The van der Waals surface area contributed by atoms with E-state index in [1.54, 1.807) is 0 Å². The molecular formula is C41H25N3O. The van der Waals surface area contributed by atoms with Crippen LogP contribution in [0.25, 0.3) is 88.2 Å². The molecule has 0 saturated carbocycles. The van der Waals surface area contributed by atoms with Crippen LogP contribution in [0.15, 0.2) is 156 Å². The first-order valence-corrected chi connectivity index (χ1v) is 15.2. The molecule has 0 aliphatic rings. The summed E-state index contributed by atoms with van der Waals surface area (Å²) in [4.78, 5) is 4.59. The van der Waals surface area contributed by atoms with E-state index in [1.807, 2.05) is 18.3 Å². The minimum Gasteiger partial charge on any atom is -0.455 e. The molecule has 0 radical (unpaired) electrons. The number of rotatable bonds is 3. The summed E-state index contributed by atoms with van der Waals surface area (Å²) in [6, 6.07) is 51.6. The van der Waals surface area contributed by atoms with Crippen molar-refractivity contribution in [1.29, 1.82) is 0 Å². The summed E-state index contributed by atoms with van der Waals surface area (Å²) >= 11 is 0. The van der Waals surface area contributed by atoms with Gasteiger partial charge in [-0.2, -0.15) is 0 Å². The molecule has 0 saturated heterocycles. The van der Waals surface area contributed by atoms with E-state index in [2.05, 4.69) is 148 Å². The zero-order valence-corrected chi connectivity index (χ0v) is 24.2. The Morgan fingerprint density at radius 1 is 0.444 bits per heavy atom. The summed E-state index contributed by atoms with van der Waals surface area (Å²) in [6.45, 7) is 0. The molecule has 0 unspecified atom stereocenters. The average molecular weight is 576 g/mol. The SMILES string of the molecule is c1ccc(-c2cccc(-n3c4ccccc4c4c5oc6ccc(-n7c8ccccc8c8ccccc87)cc6c5ccc43)c2)nc1. The minimum absolute atomic E-state index is 0.885. The third-order valence-electron chi connectivity index (χ3n) is 9.16. The van der Waals surface area contributed by atoms with Crippen LogP contribution < -0.4 is 0 Å². The lowest BCUT2D eigenvalue weighted by atomic mass is 10.1. The van der Waals surface area contributed by atoms with Crippen LogP contribution in [-0.2, 0) is 0 Å². The summed E-state index contributed by atoms with van der Waals surface area (Å²) < 4.78 is 11.4. The highest BCUT2D eigenvalue weighted by molar-refractivity contribution is 6.24. The average Bonchev–Trinajstić information content (AvgIpc) is 3.76. The lowest BCUT2D eigenvalue weighted by Crippen LogP contribution is -1.94. The molecular weight excluding hydrogens is 550 g/mol. The highest BCUT2D eigenvalue weighted by Crippen LogP contribution is 2.42. The van der Waals surface area contributed by atoms with E-state index < -0.39 is 0 Å². The summed E-state index contributed by atoms with van der Waals surface area (Å²) in [5.74, 6) is 0. The Bertz CT molecular complexity index is 2710. The predicted molar refractivity (Wildman–Crippen MR) is 186 cm³/mol. The van der Waals surface area contributed by atoms with Gasteiger partial charge in [-0.15, -0.1) is 0 Å². The summed E-state index contributed by atoms with van der Waals surface area (Å²) in [5, 5.41) is 7.04. The lowest BCUT2D eigenvalue weighted by Gasteiger charge is -2.10. The van der Waals surface area contributed by atoms with Gasteiger partial charge in [-0.3, -0.25) is 4.98 Å². The Kier molecular flexibility index (Phi) is 4.96. The number of fused-ring (bicyclic) bond motifs is 10. The van der Waals surface area contributed by atoms with Gasteiger partial charge in [-0.25, -0.2) is 0 Å². The number of furan rings is 1. The van der Waals surface area contributed by atoms with Gasteiger partial charge in [0.2, 0.25) is 0 Å². The van der Waals surface area contributed by atoms with Gasteiger partial charge in [-0.05, 0) is 72.8 Å². The Morgan fingerprint density at radius 2 is 1.11 bits per heavy atom. The fraction of sp³-hybridized carbons (Fsp3) is 0.